The Morgan fingerprint density at radius 3 is 1.57 bits per heavy atom. The number of aliphatic hydroxyl groups is 1. The summed E-state index contributed by atoms with van der Waals surface area (Å²) in [6.07, 6.45) is 0.940. The zero-order chi connectivity index (χ0) is 102. The number of likely N-dealkylation sites (N-methyl/N-ethyl adjacent to an activating group) is 3. The number of guanidine groups is 2. The molecule has 0 aliphatic carbocycles. The number of carbonyl (C=O) groups is 17. The van der Waals surface area contributed by atoms with Gasteiger partial charge in [-0.25, -0.2) is 4.98 Å². The summed E-state index contributed by atoms with van der Waals surface area (Å²) in [6, 6.07) is 2.40. The molecule has 47 nitrogen and oxygen atoms in total. The fourth-order valence-electron chi connectivity index (χ4n) is 14.5. The summed E-state index contributed by atoms with van der Waals surface area (Å²) in [4.78, 5) is 260. The number of ether oxygens (including phenoxy) is 3. The fourth-order valence-corrected chi connectivity index (χ4v) is 15.3. The smallest absolute Gasteiger partial charge is 0.305 e. The summed E-state index contributed by atoms with van der Waals surface area (Å²) in [7, 11) is 5.33. The van der Waals surface area contributed by atoms with Gasteiger partial charge in [0.25, 0.3) is 0 Å². The van der Waals surface area contributed by atoms with Gasteiger partial charge in [0.05, 0.1) is 64.7 Å². The van der Waals surface area contributed by atoms with Crippen molar-refractivity contribution in [3.05, 3.63) is 126 Å². The fraction of sp³-hybridized carbons (Fsp3) is 0.533. The molecule has 138 heavy (non-hydrogen) atoms. The van der Waals surface area contributed by atoms with Crippen LogP contribution in [-0.2, 0) is 121 Å². The minimum atomic E-state index is -2.11. The summed E-state index contributed by atoms with van der Waals surface area (Å²) in [5, 5.41) is 73.6. The van der Waals surface area contributed by atoms with Crippen LogP contribution in [-0.4, -0.2) is 336 Å². The number of thioether (sulfide) groups is 1. The van der Waals surface area contributed by atoms with Crippen molar-refractivity contribution in [2.45, 2.75) is 196 Å². The molecule has 1 aliphatic heterocycles. The van der Waals surface area contributed by atoms with E-state index in [0.717, 1.165) is 26.5 Å². The number of methoxy groups -OCH3 is 1. The monoisotopic (exact) mass is 1950 g/mol. The van der Waals surface area contributed by atoms with E-state index in [9.17, 15) is 58.2 Å². The molecular weight excluding hydrogens is 1820 g/mol. The lowest BCUT2D eigenvalue weighted by Gasteiger charge is -2.35. The van der Waals surface area contributed by atoms with Crippen LogP contribution < -0.4 is 91.6 Å². The first-order valence-electron chi connectivity index (χ1n) is 45.3. The Morgan fingerprint density at radius 1 is 0.514 bits per heavy atom. The van der Waals surface area contributed by atoms with E-state index in [1.54, 1.807) is 105 Å². The van der Waals surface area contributed by atoms with Crippen LogP contribution >= 0.6 is 11.8 Å². The number of imidazole rings is 1. The van der Waals surface area contributed by atoms with Crippen LogP contribution in [0.25, 0.3) is 10.9 Å². The second-order valence-corrected chi connectivity index (χ2v) is 34.5. The highest BCUT2D eigenvalue weighted by Gasteiger charge is 2.42. The molecule has 1 saturated heterocycles. The third kappa shape index (κ3) is 39.1. The number of primary amides is 1. The van der Waals surface area contributed by atoms with Gasteiger partial charge in [-0.1, -0.05) is 92.7 Å². The lowest BCUT2D eigenvalue weighted by Crippen LogP contribution is -2.61. The molecule has 3 heterocycles. The number of hydrogen-bond donors (Lipinski definition) is 23. The standard InChI is InChI=1S/C90H133N25O22S/c1-52(2)39-64-82(128)108-65(43-58-46-96-51-102-58)83(129)110-68(42-57-45-100-60-26-16-15-25-59(57)60)86(132)113(5)53(3)76(122)104-62(28-19-32-98-89(92)93)79(125)105-61(27-17-18-31-97-73(118)30-34-136-37-38-137-36-35-135-8)80(126)109-66(44-75(120)121)84(130)106-63(29-20-33-99-90(94)95)81(127)112-70(78(124)101-47-72(91)117)49-138-50-74(119)103-67(40-55-21-11-9-12-22-55)87(133)115(7)71(41-56-23-13-10-14-24-56)88(134)114(6)54(4)77(123)111-69(48-116)85(131)107-64/h9-16,21-26,45-46,51-54,61-71,100,116H,17-20,27-44,47-50H2,1-8H3,(H2,91,117)(H,96,102)(H,97,118)(H,101,124)(H,103,119)(H,104,122)(H,105,125)(H,106,130)(H,107,131)(H,108,128)(H,109,126)(H,110,129)(H,111,123)(H,112,127)(H,120,121)(H4,92,93,98)(H4,94,95,99)/t53-,54-,61-,62-,63-,64-,65-,66-,67-,68-,69-,70-,71-/m0/s1. The van der Waals surface area contributed by atoms with E-state index in [-0.39, 0.29) is 129 Å². The average Bonchev–Trinajstić information content (AvgIpc) is 1.64. The molecule has 16 amide bonds. The first kappa shape index (κ1) is 113. The van der Waals surface area contributed by atoms with E-state index in [1.165, 1.54) is 54.6 Å². The summed E-state index contributed by atoms with van der Waals surface area (Å²) in [5.41, 5.74) is 19.1. The number of unbranched alkanes of at least 4 members (excludes halogenated alkanes) is 1. The van der Waals surface area contributed by atoms with E-state index in [4.69, 9.17) is 42.2 Å². The highest BCUT2D eigenvalue weighted by Crippen LogP contribution is 2.23. The Balaban J connectivity index is 1.48. The van der Waals surface area contributed by atoms with Crippen molar-refractivity contribution in [3.63, 3.8) is 0 Å². The van der Waals surface area contributed by atoms with Crippen molar-refractivity contribution < 1.29 is 106 Å². The third-order valence-electron chi connectivity index (χ3n) is 22.4. The van der Waals surface area contributed by atoms with Gasteiger partial charge < -0.3 is 141 Å². The summed E-state index contributed by atoms with van der Waals surface area (Å²) < 4.78 is 15.9. The maximum absolute atomic E-state index is 15.5. The minimum Gasteiger partial charge on any atom is -0.481 e. The van der Waals surface area contributed by atoms with Gasteiger partial charge in [-0.15, -0.1) is 11.8 Å². The molecular formula is C90H133N25O22S. The first-order valence-corrected chi connectivity index (χ1v) is 46.4. The lowest BCUT2D eigenvalue weighted by atomic mass is 10.00. The topological polar surface area (TPSA) is 707 Å². The molecule has 26 N–H and O–H groups in total. The van der Waals surface area contributed by atoms with Gasteiger partial charge in [0.1, 0.15) is 78.5 Å². The van der Waals surface area contributed by atoms with Crippen LogP contribution in [0.3, 0.4) is 0 Å². The number of aromatic amines is 2. The van der Waals surface area contributed by atoms with Gasteiger partial charge in [0.15, 0.2) is 11.9 Å². The number of carboxylic acid groups (broad SMARTS) is 1. The molecule has 13 atom stereocenters. The SMILES string of the molecule is COCCOCCOCCC(=O)NCCCC[C@@H]1NC(=O)[C@H](CCCNC(=N)N)NC(=O)[C@H](C)N(C)C(=O)[C@H](Cc2c[nH]c3ccccc23)NC(=O)[C@H](Cc2cnc[nH]2)NC(=O)[C@H](CC(C)C)NC(=O)[C@H](CO)NC(=O)[C@H](C)N(C)C(=O)[C@H](Cc2ccccc2)N(C)C(=O)[C@H](Cc2ccccc2)NC(=O)CSC[C@@H](C(=O)NCC(N)=O)NC(=O)[C@H](CCCNC(=N)N)NC(=O)[C@H](CC(=O)O)NC1=O. The third-order valence-corrected chi connectivity index (χ3v) is 23.4. The van der Waals surface area contributed by atoms with Gasteiger partial charge in [0, 0.05) is 115 Å². The summed E-state index contributed by atoms with van der Waals surface area (Å²) >= 11 is 0.730. The molecule has 1 fully saturated rings. The van der Waals surface area contributed by atoms with Gasteiger partial charge in [-0.3, -0.25) is 92.3 Å². The molecule has 0 unspecified atom stereocenters. The molecule has 0 spiro atoms. The van der Waals surface area contributed by atoms with Crippen LogP contribution in [0.15, 0.2) is 104 Å². The lowest BCUT2D eigenvalue weighted by molar-refractivity contribution is -0.148. The first-order chi connectivity index (χ1) is 65.8. The van der Waals surface area contributed by atoms with Crippen molar-refractivity contribution in [1.82, 2.24) is 104 Å². The highest BCUT2D eigenvalue weighted by atomic mass is 32.2. The summed E-state index contributed by atoms with van der Waals surface area (Å²) in [6.45, 7) is 5.19. The summed E-state index contributed by atoms with van der Waals surface area (Å²) in [5.74, 6) is -19.8. The van der Waals surface area contributed by atoms with Crippen LogP contribution in [0.1, 0.15) is 114 Å². The average molecular weight is 1950 g/mol. The molecule has 6 rings (SSSR count). The Morgan fingerprint density at radius 2 is 0.993 bits per heavy atom. The van der Waals surface area contributed by atoms with E-state index >= 15 is 33.6 Å². The predicted molar refractivity (Wildman–Crippen MR) is 507 cm³/mol. The number of rotatable bonds is 38. The predicted octanol–water partition coefficient (Wildman–Crippen LogP) is -4.73. The van der Waals surface area contributed by atoms with Crippen molar-refractivity contribution in [3.8, 4) is 0 Å². The van der Waals surface area contributed by atoms with E-state index in [1.807, 2.05) is 0 Å². The van der Waals surface area contributed by atoms with Crippen LogP contribution in [0.4, 0.5) is 0 Å². The largest absolute Gasteiger partial charge is 0.481 e. The van der Waals surface area contributed by atoms with E-state index in [0.29, 0.717) is 46.5 Å². The number of nitrogens with one attached hydrogen (secondary N) is 18. The second kappa shape index (κ2) is 59.2. The van der Waals surface area contributed by atoms with Crippen molar-refractivity contribution >= 4 is 135 Å². The Hall–Kier alpha value is -13.9. The quantitative estimate of drug-likeness (QED) is 0.0100. The molecule has 1 aliphatic rings. The molecule has 2 aromatic heterocycles. The van der Waals surface area contributed by atoms with Gasteiger partial charge in [-0.05, 0) is 93.9 Å². The van der Waals surface area contributed by atoms with E-state index in [2.05, 4.69) is 89.4 Å². The maximum atomic E-state index is 15.5. The number of aliphatic carboxylic acids is 1. The maximum Gasteiger partial charge on any atom is 0.305 e. The Kier molecular flexibility index (Phi) is 48.4. The number of fused-ring (bicyclic) bond motifs is 1. The number of carbonyl (C=O) groups excluding carboxylic acids is 16. The number of carboxylic acids is 1. The highest BCUT2D eigenvalue weighted by molar-refractivity contribution is 8.00. The molecule has 756 valence electrons. The number of amides is 16. The second-order valence-electron chi connectivity index (χ2n) is 33.5. The molecule has 0 saturated carbocycles. The van der Waals surface area contributed by atoms with Gasteiger partial charge in [-0.2, -0.15) is 0 Å². The van der Waals surface area contributed by atoms with Crippen molar-refractivity contribution in [2.24, 2.45) is 23.1 Å². The van der Waals surface area contributed by atoms with Crippen LogP contribution in [0.2, 0.25) is 0 Å². The van der Waals surface area contributed by atoms with Gasteiger partial charge >= 0.3 is 5.97 Å². The number of aromatic nitrogens is 3. The molecule has 3 aromatic carbocycles. The zero-order valence-electron chi connectivity index (χ0n) is 78.8. The molecule has 48 heteroatoms. The number of nitrogens with two attached hydrogens (primary N) is 3. The minimum absolute atomic E-state index is 0.000954. The van der Waals surface area contributed by atoms with Crippen molar-refractivity contribution in [1.29, 1.82) is 10.8 Å². The number of H-pyrrole nitrogens is 2. The number of nitrogens with zero attached hydrogens (tertiary/aromatic N) is 4. The zero-order valence-corrected chi connectivity index (χ0v) is 79.6. The van der Waals surface area contributed by atoms with Gasteiger partial charge in [0.2, 0.25) is 94.5 Å². The number of para-hydroxylation sites is 1. The van der Waals surface area contributed by atoms with Crippen molar-refractivity contribution in [2.75, 3.05) is 106 Å². The van der Waals surface area contributed by atoms with Crippen LogP contribution in [0, 0.1) is 16.7 Å². The van der Waals surface area contributed by atoms with Crippen LogP contribution in [0.5, 0.6) is 0 Å². The molecule has 0 bridgehead atoms. The Bertz CT molecular complexity index is 4900. The van der Waals surface area contributed by atoms with E-state index < -0.39 is 222 Å². The number of aliphatic hydroxyl groups excluding tert-OH is 1. The normalized spacial score (nSPS) is 22.1. The number of hydrogen-bond acceptors (Lipinski definition) is 25. The Labute approximate surface area is 803 Å². The molecule has 5 aromatic rings. The number of benzene rings is 3. The molecule has 0 radical (unpaired) electrons.